The number of hydrogen-bond donors (Lipinski definition) is 2. The van der Waals surface area contributed by atoms with E-state index in [9.17, 15) is 22.8 Å². The van der Waals surface area contributed by atoms with Crippen LogP contribution in [-0.2, 0) is 29.1 Å². The number of ether oxygens (including phenoxy) is 3. The second-order valence-electron chi connectivity index (χ2n) is 14.4. The van der Waals surface area contributed by atoms with Gasteiger partial charge in [0.2, 0.25) is 27.7 Å². The number of benzene rings is 1. The van der Waals surface area contributed by atoms with E-state index in [0.29, 0.717) is 41.2 Å². The Labute approximate surface area is 281 Å². The van der Waals surface area contributed by atoms with Crippen molar-refractivity contribution in [2.24, 2.45) is 10.9 Å². The van der Waals surface area contributed by atoms with Crippen LogP contribution in [0.4, 0.5) is 0 Å². The number of carbonyl (C=O) groups is 3. The number of nitrogens with zero attached hydrogens (tertiary/aromatic N) is 4. The van der Waals surface area contributed by atoms with Crippen LogP contribution in [0.2, 0.25) is 0 Å². The number of likely N-dealkylation sites (tertiary alicyclic amines) is 1. The monoisotopic (exact) mass is 686 g/mol. The Hall–Kier alpha value is -4.01. The molecule has 2 aliphatic carbocycles. The molecule has 1 aromatic heterocycles. The summed E-state index contributed by atoms with van der Waals surface area (Å²) >= 11 is 0. The zero-order valence-electron chi connectivity index (χ0n) is 29.0. The molecule has 2 aromatic rings. The van der Waals surface area contributed by atoms with Crippen molar-refractivity contribution in [1.29, 1.82) is 0 Å². The number of aliphatic imine (C=N–C) groups is 1. The van der Waals surface area contributed by atoms with E-state index in [2.05, 4.69) is 25.0 Å². The van der Waals surface area contributed by atoms with Crippen molar-refractivity contribution in [2.75, 3.05) is 13.7 Å². The van der Waals surface area contributed by atoms with Crippen molar-refractivity contribution < 1.29 is 37.0 Å². The fraction of sp³-hybridized carbons (Fsp3) is 0.636. The number of hydrogen-bond acceptors (Lipinski definition) is 11. The standard InChI is InChI=1S/C33H46N6O8S/c1-18-16-33(18,30(42)38-48(43,44)32(8)12-13-32)37-27(40)26-15-23(17-39(26)29(41)20(3)34-21(4)47-31(5,6)7)46-28-19(2)35-24-11-10-22(45-9)14-25(24)36-28/h10-11,14,18,20,23,26H,12-13,15-17H2,1-9H3,(H,37,40)(H,38,42). The van der Waals surface area contributed by atoms with E-state index in [-0.39, 0.29) is 31.2 Å². The normalized spacial score (nSPS) is 25.6. The Morgan fingerprint density at radius 1 is 1.15 bits per heavy atom. The van der Waals surface area contributed by atoms with Gasteiger partial charge >= 0.3 is 0 Å². The minimum atomic E-state index is -3.92. The Balaban J connectivity index is 1.39. The minimum Gasteiger partial charge on any atom is -0.497 e. The molecule has 3 amide bonds. The summed E-state index contributed by atoms with van der Waals surface area (Å²) in [4.78, 5) is 56.3. The van der Waals surface area contributed by atoms with Gasteiger partial charge in [-0.1, -0.05) is 6.92 Å². The largest absolute Gasteiger partial charge is 0.497 e. The molecule has 1 saturated heterocycles. The number of sulfonamides is 1. The van der Waals surface area contributed by atoms with Crippen LogP contribution < -0.4 is 19.5 Å². The van der Waals surface area contributed by atoms with Gasteiger partial charge in [-0.3, -0.25) is 19.1 Å². The van der Waals surface area contributed by atoms with Crippen LogP contribution in [0.15, 0.2) is 23.2 Å². The van der Waals surface area contributed by atoms with Crippen LogP contribution in [0.1, 0.15) is 79.8 Å². The van der Waals surface area contributed by atoms with Crippen molar-refractivity contribution >= 4 is 44.7 Å². The molecule has 0 bridgehead atoms. The van der Waals surface area contributed by atoms with Gasteiger partial charge in [-0.15, -0.1) is 0 Å². The second kappa shape index (κ2) is 12.5. The molecule has 0 radical (unpaired) electrons. The lowest BCUT2D eigenvalue weighted by atomic mass is 10.1. The topological polar surface area (TPSA) is 178 Å². The van der Waals surface area contributed by atoms with Gasteiger partial charge in [0.1, 0.15) is 40.8 Å². The van der Waals surface area contributed by atoms with Crippen molar-refractivity contribution in [3.05, 3.63) is 23.9 Å². The van der Waals surface area contributed by atoms with Crippen LogP contribution in [0.5, 0.6) is 11.6 Å². The van der Waals surface area contributed by atoms with Crippen LogP contribution in [0.25, 0.3) is 11.0 Å². The Morgan fingerprint density at radius 2 is 1.81 bits per heavy atom. The minimum absolute atomic E-state index is 0.0364. The Morgan fingerprint density at radius 3 is 2.40 bits per heavy atom. The lowest BCUT2D eigenvalue weighted by Gasteiger charge is -2.28. The zero-order chi connectivity index (χ0) is 35.4. The number of methoxy groups -OCH3 is 1. The highest BCUT2D eigenvalue weighted by molar-refractivity contribution is 7.91. The summed E-state index contributed by atoms with van der Waals surface area (Å²) in [6, 6.07) is 3.39. The molecular formula is C33H46N6O8S. The summed E-state index contributed by atoms with van der Waals surface area (Å²) in [6.07, 6.45) is 0.615. The predicted molar refractivity (Wildman–Crippen MR) is 178 cm³/mol. The predicted octanol–water partition coefficient (Wildman–Crippen LogP) is 2.81. The molecule has 15 heteroatoms. The van der Waals surface area contributed by atoms with Crippen LogP contribution in [0, 0.1) is 12.8 Å². The number of fused-ring (bicyclic) bond motifs is 1. The molecule has 3 aliphatic rings. The number of amides is 3. The summed E-state index contributed by atoms with van der Waals surface area (Å²) in [5.41, 5.74) is -0.198. The fourth-order valence-corrected chi connectivity index (χ4v) is 7.28. The first-order valence-corrected chi connectivity index (χ1v) is 17.7. The van der Waals surface area contributed by atoms with E-state index < -0.39 is 61.8 Å². The smallest absolute Gasteiger partial charge is 0.259 e. The third-order valence-electron chi connectivity index (χ3n) is 9.21. The molecule has 1 aliphatic heterocycles. The summed E-state index contributed by atoms with van der Waals surface area (Å²) in [5.74, 6) is -0.931. The van der Waals surface area contributed by atoms with Gasteiger partial charge in [0.15, 0.2) is 5.90 Å². The first kappa shape index (κ1) is 35.3. The molecule has 262 valence electrons. The third kappa shape index (κ3) is 7.20. The van der Waals surface area contributed by atoms with Gasteiger partial charge in [-0.05, 0) is 78.9 Å². The van der Waals surface area contributed by atoms with Gasteiger partial charge in [-0.25, -0.2) is 23.4 Å². The van der Waals surface area contributed by atoms with E-state index in [0.717, 1.165) is 0 Å². The van der Waals surface area contributed by atoms with Crippen LogP contribution in [0.3, 0.4) is 0 Å². The second-order valence-corrected chi connectivity index (χ2v) is 16.6. The Kier molecular flexibility index (Phi) is 9.16. The maximum Gasteiger partial charge on any atom is 0.259 e. The van der Waals surface area contributed by atoms with E-state index in [1.54, 1.807) is 59.9 Å². The van der Waals surface area contributed by atoms with E-state index in [4.69, 9.17) is 14.2 Å². The molecule has 2 N–H and O–H groups in total. The molecule has 5 atom stereocenters. The number of aromatic nitrogens is 2. The number of nitrogens with one attached hydrogen (secondary N) is 2. The van der Waals surface area contributed by atoms with Gasteiger partial charge in [0.05, 0.1) is 29.4 Å². The summed E-state index contributed by atoms with van der Waals surface area (Å²) in [6.45, 7) is 14.0. The average Bonchev–Trinajstić information content (AvgIpc) is 3.84. The number of rotatable bonds is 10. The van der Waals surface area contributed by atoms with Crippen molar-refractivity contribution in [3.8, 4) is 11.6 Å². The van der Waals surface area contributed by atoms with Gasteiger partial charge < -0.3 is 24.4 Å². The summed E-state index contributed by atoms with van der Waals surface area (Å²) in [7, 11) is -2.36. The Bertz CT molecular complexity index is 1770. The molecule has 5 rings (SSSR count). The van der Waals surface area contributed by atoms with E-state index in [1.165, 1.54) is 4.90 Å². The number of carbonyl (C=O) groups excluding carboxylic acids is 3. The van der Waals surface area contributed by atoms with Crippen molar-refractivity contribution in [2.45, 2.75) is 115 Å². The van der Waals surface area contributed by atoms with Gasteiger partial charge in [0, 0.05) is 19.4 Å². The maximum atomic E-state index is 14.0. The zero-order valence-corrected chi connectivity index (χ0v) is 29.9. The average molecular weight is 687 g/mol. The highest BCUT2D eigenvalue weighted by atomic mass is 32.2. The molecule has 48 heavy (non-hydrogen) atoms. The van der Waals surface area contributed by atoms with Crippen LogP contribution in [-0.4, -0.2) is 94.6 Å². The van der Waals surface area contributed by atoms with Gasteiger partial charge in [-0.2, -0.15) is 0 Å². The van der Waals surface area contributed by atoms with E-state index >= 15 is 0 Å². The summed E-state index contributed by atoms with van der Waals surface area (Å²) in [5, 5.41) is 2.81. The quantitative estimate of drug-likeness (QED) is 0.279. The molecule has 2 saturated carbocycles. The SMILES string of the molecule is COc1ccc2nc(C)c(OC3CC(C(=O)NC4(C(=O)NS(=O)(=O)C5(C)CC5)CC4C)N(C(=O)C(C)N=C(C)OC(C)(C)C)C3)nc2c1. The molecule has 0 spiro atoms. The first-order valence-electron chi connectivity index (χ1n) is 16.2. The summed E-state index contributed by atoms with van der Waals surface area (Å²) < 4.78 is 44.3. The fourth-order valence-electron chi connectivity index (χ4n) is 5.97. The first-order chi connectivity index (χ1) is 22.3. The highest BCUT2D eigenvalue weighted by Crippen LogP contribution is 2.46. The van der Waals surface area contributed by atoms with Crippen LogP contribution >= 0.6 is 0 Å². The lowest BCUT2D eigenvalue weighted by molar-refractivity contribution is -0.140. The number of aryl methyl sites for hydroxylation is 1. The van der Waals surface area contributed by atoms with Crippen molar-refractivity contribution in [3.63, 3.8) is 0 Å². The molecule has 5 unspecified atom stereocenters. The molecule has 14 nitrogen and oxygen atoms in total. The molecule has 2 heterocycles. The van der Waals surface area contributed by atoms with Crippen molar-refractivity contribution in [1.82, 2.24) is 24.9 Å². The van der Waals surface area contributed by atoms with Gasteiger partial charge in [0.25, 0.3) is 5.91 Å². The highest BCUT2D eigenvalue weighted by Gasteiger charge is 2.62. The lowest BCUT2D eigenvalue weighted by Crippen LogP contribution is -2.57. The molecule has 3 fully saturated rings. The molecule has 1 aromatic carbocycles. The maximum absolute atomic E-state index is 14.0. The van der Waals surface area contributed by atoms with E-state index in [1.807, 2.05) is 20.8 Å². The molecular weight excluding hydrogens is 640 g/mol. The third-order valence-corrected chi connectivity index (χ3v) is 11.4.